The summed E-state index contributed by atoms with van der Waals surface area (Å²) < 4.78 is 7.34. The van der Waals surface area contributed by atoms with Gasteiger partial charge in [-0.3, -0.25) is 0 Å². The van der Waals surface area contributed by atoms with Gasteiger partial charge < -0.3 is 19.4 Å². The quantitative estimate of drug-likeness (QED) is 0.812. The highest BCUT2D eigenvalue weighted by atomic mass is 16.5. The predicted octanol–water partition coefficient (Wildman–Crippen LogP) is 2.49. The van der Waals surface area contributed by atoms with Crippen LogP contribution in [0.4, 0.5) is 0 Å². The largest absolute Gasteiger partial charge is 0.504 e. The fourth-order valence-corrected chi connectivity index (χ4v) is 7.15. The predicted molar refractivity (Wildman–Crippen MR) is 93.8 cm³/mol. The molecule has 5 atom stereocenters. The van der Waals surface area contributed by atoms with Gasteiger partial charge in [-0.15, -0.1) is 0 Å². The molecular formula is C21H28NO3+. The van der Waals surface area contributed by atoms with E-state index in [1.54, 1.807) is 6.07 Å². The molecule has 2 bridgehead atoms. The number of rotatable bonds is 2. The van der Waals surface area contributed by atoms with Gasteiger partial charge in [0.2, 0.25) is 0 Å². The maximum absolute atomic E-state index is 12.2. The molecule has 4 heteroatoms. The van der Waals surface area contributed by atoms with Gasteiger partial charge in [0.25, 0.3) is 0 Å². The number of likely N-dealkylation sites (tertiary alicyclic amines) is 1. The zero-order valence-corrected chi connectivity index (χ0v) is 15.0. The molecule has 25 heavy (non-hydrogen) atoms. The molecule has 2 saturated carbocycles. The van der Waals surface area contributed by atoms with Crippen LogP contribution in [0.3, 0.4) is 0 Å². The van der Waals surface area contributed by atoms with Crippen LogP contribution >= 0.6 is 0 Å². The van der Waals surface area contributed by atoms with Gasteiger partial charge in [-0.05, 0) is 43.7 Å². The maximum atomic E-state index is 12.2. The molecule has 3 fully saturated rings. The molecule has 3 aliphatic carbocycles. The van der Waals surface area contributed by atoms with Crippen molar-refractivity contribution in [3.05, 3.63) is 23.3 Å². The van der Waals surface area contributed by atoms with E-state index in [1.807, 2.05) is 0 Å². The molecule has 0 aromatic heterocycles. The molecule has 2 aliphatic heterocycles. The average Bonchev–Trinajstić information content (AvgIpc) is 3.30. The molecule has 6 rings (SSSR count). The van der Waals surface area contributed by atoms with E-state index in [0.717, 1.165) is 54.6 Å². The van der Waals surface area contributed by atoms with Crippen molar-refractivity contribution >= 4 is 0 Å². The van der Waals surface area contributed by atoms with Crippen LogP contribution in [0.5, 0.6) is 11.5 Å². The monoisotopic (exact) mass is 342 g/mol. The summed E-state index contributed by atoms with van der Waals surface area (Å²) in [5, 5.41) is 22.6. The number of aromatic hydroxyl groups is 1. The molecule has 0 amide bonds. The van der Waals surface area contributed by atoms with E-state index < -0.39 is 5.60 Å². The van der Waals surface area contributed by atoms with Gasteiger partial charge >= 0.3 is 0 Å². The number of aliphatic hydroxyl groups is 1. The van der Waals surface area contributed by atoms with Gasteiger partial charge in [0.05, 0.1) is 25.6 Å². The second kappa shape index (κ2) is 4.34. The second-order valence-electron chi connectivity index (χ2n) is 9.64. The molecule has 1 saturated heterocycles. The van der Waals surface area contributed by atoms with Crippen molar-refractivity contribution in [2.45, 2.75) is 68.1 Å². The minimum Gasteiger partial charge on any atom is -0.504 e. The lowest BCUT2D eigenvalue weighted by molar-refractivity contribution is -0.950. The Morgan fingerprint density at radius 1 is 1.24 bits per heavy atom. The Morgan fingerprint density at radius 2 is 2.08 bits per heavy atom. The van der Waals surface area contributed by atoms with Crippen molar-refractivity contribution < 1.29 is 19.4 Å². The van der Waals surface area contributed by atoms with Crippen LogP contribution < -0.4 is 4.74 Å². The van der Waals surface area contributed by atoms with Crippen LogP contribution in [0.1, 0.15) is 49.7 Å². The van der Waals surface area contributed by atoms with Gasteiger partial charge in [0.1, 0.15) is 17.7 Å². The Balaban J connectivity index is 1.58. The summed E-state index contributed by atoms with van der Waals surface area (Å²) >= 11 is 0. The minimum atomic E-state index is -0.691. The third-order valence-corrected chi connectivity index (χ3v) is 8.38. The van der Waals surface area contributed by atoms with E-state index in [2.05, 4.69) is 13.1 Å². The van der Waals surface area contributed by atoms with E-state index >= 15 is 0 Å². The molecule has 1 spiro atoms. The summed E-state index contributed by atoms with van der Waals surface area (Å²) in [6, 6.07) is 4.15. The standard InChI is InChI=1S/C21H27NO3/c1-22(12-13-4-5-13)10-9-20-17-3-2-8-21(20,24)16(22)11-14-6-7-15(23)19(25-17)18(14)20/h6-7,13,16-17,24H,2-5,8-12H2,1H3/p+1/t16-,17+,20-,21-,22?/m1/s1. The number of benzene rings is 1. The van der Waals surface area contributed by atoms with Crippen LogP contribution in [0.15, 0.2) is 12.1 Å². The lowest BCUT2D eigenvalue weighted by Gasteiger charge is -2.64. The lowest BCUT2D eigenvalue weighted by atomic mass is 9.48. The zero-order valence-electron chi connectivity index (χ0n) is 15.0. The summed E-state index contributed by atoms with van der Waals surface area (Å²) in [5.41, 5.74) is 1.49. The van der Waals surface area contributed by atoms with Crippen LogP contribution in [-0.2, 0) is 11.8 Å². The number of hydrogen-bond donors (Lipinski definition) is 2. The van der Waals surface area contributed by atoms with Crippen molar-refractivity contribution in [2.24, 2.45) is 5.92 Å². The van der Waals surface area contributed by atoms with Crippen LogP contribution in [-0.4, -0.2) is 52.6 Å². The smallest absolute Gasteiger partial charge is 0.165 e. The van der Waals surface area contributed by atoms with Gasteiger partial charge in [-0.1, -0.05) is 6.07 Å². The number of hydrogen-bond acceptors (Lipinski definition) is 3. The topological polar surface area (TPSA) is 49.7 Å². The van der Waals surface area contributed by atoms with Crippen LogP contribution in [0.2, 0.25) is 0 Å². The highest BCUT2D eigenvalue weighted by Gasteiger charge is 2.74. The zero-order chi connectivity index (χ0) is 17.0. The Kier molecular flexibility index (Phi) is 2.58. The number of likely N-dealkylation sites (N-methyl/N-ethyl adjacent to an activating group) is 1. The molecule has 2 heterocycles. The van der Waals surface area contributed by atoms with Crippen molar-refractivity contribution in [3.8, 4) is 11.5 Å². The fraction of sp³-hybridized carbons (Fsp3) is 0.714. The molecule has 134 valence electrons. The highest BCUT2D eigenvalue weighted by molar-refractivity contribution is 5.61. The van der Waals surface area contributed by atoms with Crippen LogP contribution in [0.25, 0.3) is 0 Å². The number of quaternary nitrogens is 1. The summed E-state index contributed by atoms with van der Waals surface area (Å²) in [5.74, 6) is 1.79. The van der Waals surface area contributed by atoms with Gasteiger partial charge in [0, 0.05) is 24.3 Å². The highest BCUT2D eigenvalue weighted by Crippen LogP contribution is 2.66. The minimum absolute atomic E-state index is 0.0331. The Morgan fingerprint density at radius 3 is 2.88 bits per heavy atom. The van der Waals surface area contributed by atoms with E-state index in [1.165, 1.54) is 24.9 Å². The van der Waals surface area contributed by atoms with E-state index in [9.17, 15) is 10.2 Å². The molecule has 1 aromatic carbocycles. The Bertz CT molecular complexity index is 775. The van der Waals surface area contributed by atoms with E-state index in [4.69, 9.17) is 4.74 Å². The average molecular weight is 342 g/mol. The summed E-state index contributed by atoms with van der Waals surface area (Å²) in [6.45, 7) is 2.34. The van der Waals surface area contributed by atoms with Gasteiger partial charge in [-0.25, -0.2) is 0 Å². The molecule has 5 aliphatic rings. The summed E-state index contributed by atoms with van der Waals surface area (Å²) in [7, 11) is 2.39. The normalized spacial score (nSPS) is 46.5. The number of piperidine rings is 1. The first-order valence-corrected chi connectivity index (χ1v) is 10.1. The number of nitrogens with zero attached hydrogens (tertiary/aromatic N) is 1. The maximum Gasteiger partial charge on any atom is 0.165 e. The molecule has 1 unspecified atom stereocenters. The first-order valence-electron chi connectivity index (χ1n) is 10.1. The second-order valence-corrected chi connectivity index (χ2v) is 9.64. The molecule has 0 radical (unpaired) electrons. The van der Waals surface area contributed by atoms with Crippen molar-refractivity contribution in [3.63, 3.8) is 0 Å². The van der Waals surface area contributed by atoms with Gasteiger partial charge in [-0.2, -0.15) is 0 Å². The first-order chi connectivity index (χ1) is 12.0. The fourth-order valence-electron chi connectivity index (χ4n) is 7.15. The third-order valence-electron chi connectivity index (χ3n) is 8.38. The number of phenolic OH excluding ortho intramolecular Hbond substituents is 1. The molecular weight excluding hydrogens is 314 g/mol. The summed E-state index contributed by atoms with van der Waals surface area (Å²) in [6.07, 6.45) is 7.56. The summed E-state index contributed by atoms with van der Waals surface area (Å²) in [4.78, 5) is 0. The molecule has 2 N–H and O–H groups in total. The number of phenols is 1. The van der Waals surface area contributed by atoms with E-state index in [0.29, 0.717) is 5.75 Å². The van der Waals surface area contributed by atoms with Crippen LogP contribution in [0, 0.1) is 5.92 Å². The Labute approximate surface area is 149 Å². The Hall–Kier alpha value is -1.26. The molecule has 4 nitrogen and oxygen atoms in total. The molecule has 1 aromatic rings. The number of ether oxygens (including phenoxy) is 1. The van der Waals surface area contributed by atoms with Crippen molar-refractivity contribution in [1.29, 1.82) is 0 Å². The van der Waals surface area contributed by atoms with Crippen molar-refractivity contribution in [2.75, 3.05) is 20.1 Å². The SMILES string of the molecule is C[N+]1(CC2CC2)CC[C@]23c4c5ccc(O)c4O[C@H]2CCC[C@@]3(O)[C@H]1C5. The lowest BCUT2D eigenvalue weighted by Crippen LogP contribution is -2.79. The third kappa shape index (κ3) is 1.58. The van der Waals surface area contributed by atoms with E-state index in [-0.39, 0.29) is 23.3 Å². The first kappa shape index (κ1) is 14.9. The van der Waals surface area contributed by atoms with Crippen molar-refractivity contribution in [1.82, 2.24) is 0 Å². The van der Waals surface area contributed by atoms with Gasteiger partial charge in [0.15, 0.2) is 11.5 Å².